The van der Waals surface area contributed by atoms with Crippen molar-refractivity contribution in [2.24, 2.45) is 11.0 Å². The maximum absolute atomic E-state index is 14.8. The molecule has 0 fully saturated rings. The van der Waals surface area contributed by atoms with E-state index in [0.29, 0.717) is 6.54 Å². The number of fused-ring (bicyclic) bond motifs is 1. The minimum atomic E-state index is -3.24. The second kappa shape index (κ2) is 7.52. The van der Waals surface area contributed by atoms with Gasteiger partial charge in [-0.3, -0.25) is 5.01 Å². The third-order valence-electron chi connectivity index (χ3n) is 5.39. The Hall–Kier alpha value is -2.05. The first-order valence-corrected chi connectivity index (χ1v) is 9.00. The van der Waals surface area contributed by atoms with Crippen LogP contribution < -0.4 is 0 Å². The Labute approximate surface area is 159 Å². The molecule has 0 saturated heterocycles. The summed E-state index contributed by atoms with van der Waals surface area (Å²) in [5, 5.41) is 6.57. The van der Waals surface area contributed by atoms with E-state index in [1.165, 1.54) is 37.0 Å². The molecule has 1 aromatic rings. The number of methoxy groups -OCH3 is 2. The highest BCUT2D eigenvalue weighted by molar-refractivity contribution is 5.88. The smallest absolute Gasteiger partial charge is 0.322 e. The second-order valence-corrected chi connectivity index (χ2v) is 7.13. The van der Waals surface area contributed by atoms with E-state index in [0.717, 1.165) is 5.71 Å². The Morgan fingerprint density at radius 3 is 2.37 bits per heavy atom. The Balaban J connectivity index is 1.91. The number of benzene rings is 1. The van der Waals surface area contributed by atoms with Crippen LogP contribution in [0.3, 0.4) is 0 Å². The third-order valence-corrected chi connectivity index (χ3v) is 5.39. The zero-order valence-corrected chi connectivity index (χ0v) is 16.4. The summed E-state index contributed by atoms with van der Waals surface area (Å²) in [4.78, 5) is 0. The van der Waals surface area contributed by atoms with E-state index >= 15 is 0 Å². The van der Waals surface area contributed by atoms with Crippen LogP contribution in [-0.4, -0.2) is 43.2 Å². The quantitative estimate of drug-likeness (QED) is 0.697. The van der Waals surface area contributed by atoms with Crippen LogP contribution in [0.25, 0.3) is 0 Å². The van der Waals surface area contributed by atoms with Crippen molar-refractivity contribution in [1.29, 1.82) is 0 Å². The van der Waals surface area contributed by atoms with Crippen molar-refractivity contribution in [2.75, 3.05) is 14.2 Å². The van der Waals surface area contributed by atoms with Crippen LogP contribution in [0.4, 0.5) is 8.78 Å². The van der Waals surface area contributed by atoms with Gasteiger partial charge in [-0.2, -0.15) is 13.9 Å². The lowest BCUT2D eigenvalue weighted by Crippen LogP contribution is -2.41. The average molecular weight is 376 g/mol. The molecule has 0 radical (unpaired) electrons. The van der Waals surface area contributed by atoms with Gasteiger partial charge in [0.05, 0.1) is 12.6 Å². The minimum Gasteiger partial charge on any atom is -0.350 e. The Morgan fingerprint density at radius 1 is 1.15 bits per heavy atom. The van der Waals surface area contributed by atoms with Crippen LogP contribution in [0.2, 0.25) is 0 Å². The number of ether oxygens (including phenoxy) is 2. The number of nitrogens with zero attached hydrogens (tertiary/aromatic N) is 2. The number of alkyl halides is 2. The predicted octanol–water partition coefficient (Wildman–Crippen LogP) is 4.23. The molecule has 1 heterocycles. The van der Waals surface area contributed by atoms with E-state index in [4.69, 9.17) is 9.47 Å². The predicted molar refractivity (Wildman–Crippen MR) is 102 cm³/mol. The van der Waals surface area contributed by atoms with Gasteiger partial charge in [-0.25, -0.2) is 0 Å². The first kappa shape index (κ1) is 19.7. The van der Waals surface area contributed by atoms with Crippen LogP contribution in [0.5, 0.6) is 0 Å². The molecule has 4 nitrogen and oxygen atoms in total. The number of aryl methyl sites for hydroxylation is 2. The fourth-order valence-corrected chi connectivity index (χ4v) is 3.81. The number of hydrazone groups is 1. The minimum absolute atomic E-state index is 0.00239. The molecule has 0 saturated carbocycles. The Bertz CT molecular complexity index is 777. The summed E-state index contributed by atoms with van der Waals surface area (Å²) in [6.07, 6.45) is 3.25. The maximum Gasteiger partial charge on any atom is 0.322 e. The normalized spacial score (nSPS) is 22.1. The Morgan fingerprint density at radius 2 is 1.78 bits per heavy atom. The van der Waals surface area contributed by atoms with Gasteiger partial charge in [-0.15, -0.1) is 0 Å². The summed E-state index contributed by atoms with van der Waals surface area (Å²) >= 11 is 0. The standard InChI is InChI=1S/C21H26F2N2O2/c1-13-7-6-8-14(2)18(13)12-25-19-11-16(9-10-17(19)15(3)24-25)21(22,23)20(26-4)27-5/h6-11,17,19-20H,12H2,1-5H3. The molecular formula is C21H26F2N2O2. The molecule has 146 valence electrons. The van der Waals surface area contributed by atoms with E-state index in [1.54, 1.807) is 12.2 Å². The zero-order chi connectivity index (χ0) is 19.8. The van der Waals surface area contributed by atoms with Gasteiger partial charge < -0.3 is 9.47 Å². The molecule has 0 spiro atoms. The first-order chi connectivity index (χ1) is 12.8. The number of halogens is 2. The molecular weight excluding hydrogens is 350 g/mol. The molecule has 1 aromatic carbocycles. The SMILES string of the molecule is COC(OC)C(F)(F)C1=CC2C(C=C1)C(C)=NN2Cc1c(C)cccc1C. The van der Waals surface area contributed by atoms with E-state index in [1.807, 2.05) is 18.0 Å². The van der Waals surface area contributed by atoms with Crippen LogP contribution in [0, 0.1) is 19.8 Å². The lowest BCUT2D eigenvalue weighted by atomic mass is 9.87. The molecule has 2 aliphatic rings. The number of rotatable bonds is 6. The lowest BCUT2D eigenvalue weighted by Gasteiger charge is -2.32. The van der Waals surface area contributed by atoms with Gasteiger partial charge in [0.1, 0.15) is 0 Å². The fourth-order valence-electron chi connectivity index (χ4n) is 3.81. The highest BCUT2D eigenvalue weighted by atomic mass is 19.3. The molecule has 2 atom stereocenters. The van der Waals surface area contributed by atoms with Crippen molar-refractivity contribution in [3.05, 3.63) is 58.7 Å². The molecule has 1 aliphatic heterocycles. The van der Waals surface area contributed by atoms with Crippen LogP contribution in [-0.2, 0) is 16.0 Å². The number of allylic oxidation sites excluding steroid dienone is 1. The topological polar surface area (TPSA) is 34.1 Å². The summed E-state index contributed by atoms with van der Waals surface area (Å²) in [7, 11) is 2.43. The fraction of sp³-hybridized carbons (Fsp3) is 0.476. The van der Waals surface area contributed by atoms with Crippen molar-refractivity contribution in [2.45, 2.75) is 45.6 Å². The molecule has 0 N–H and O–H groups in total. The third kappa shape index (κ3) is 3.56. The molecule has 27 heavy (non-hydrogen) atoms. The average Bonchev–Trinajstić information content (AvgIpc) is 2.94. The van der Waals surface area contributed by atoms with Gasteiger partial charge in [0, 0.05) is 31.4 Å². The van der Waals surface area contributed by atoms with Gasteiger partial charge in [-0.05, 0) is 37.5 Å². The maximum atomic E-state index is 14.8. The van der Waals surface area contributed by atoms with Gasteiger partial charge in [0.25, 0.3) is 0 Å². The van der Waals surface area contributed by atoms with Crippen LogP contribution in [0.15, 0.2) is 47.1 Å². The van der Waals surface area contributed by atoms with Gasteiger partial charge in [0.15, 0.2) is 0 Å². The van der Waals surface area contributed by atoms with Crippen molar-refractivity contribution in [3.8, 4) is 0 Å². The van der Waals surface area contributed by atoms with E-state index < -0.39 is 12.2 Å². The Kier molecular flexibility index (Phi) is 5.49. The summed E-state index contributed by atoms with van der Waals surface area (Å²) in [5.41, 5.74) is 4.35. The zero-order valence-electron chi connectivity index (χ0n) is 16.4. The highest BCUT2D eigenvalue weighted by Crippen LogP contribution is 2.38. The van der Waals surface area contributed by atoms with Gasteiger partial charge in [0.2, 0.25) is 6.29 Å². The molecule has 0 amide bonds. The molecule has 0 bridgehead atoms. The summed E-state index contributed by atoms with van der Waals surface area (Å²) in [5.74, 6) is -3.25. The largest absolute Gasteiger partial charge is 0.350 e. The van der Waals surface area contributed by atoms with Crippen molar-refractivity contribution in [1.82, 2.24) is 5.01 Å². The monoisotopic (exact) mass is 376 g/mol. The van der Waals surface area contributed by atoms with Gasteiger partial charge >= 0.3 is 5.92 Å². The van der Waals surface area contributed by atoms with Crippen molar-refractivity contribution in [3.63, 3.8) is 0 Å². The summed E-state index contributed by atoms with van der Waals surface area (Å²) in [6.45, 7) is 6.64. The van der Waals surface area contributed by atoms with Crippen molar-refractivity contribution < 1.29 is 18.3 Å². The van der Waals surface area contributed by atoms with Gasteiger partial charge in [-0.1, -0.05) is 36.4 Å². The van der Waals surface area contributed by atoms with E-state index in [2.05, 4.69) is 31.1 Å². The number of hydrogen-bond donors (Lipinski definition) is 0. The molecule has 0 aromatic heterocycles. The molecule has 2 unspecified atom stereocenters. The van der Waals surface area contributed by atoms with E-state index in [-0.39, 0.29) is 17.5 Å². The molecule has 1 aliphatic carbocycles. The lowest BCUT2D eigenvalue weighted by molar-refractivity contribution is -0.217. The number of hydrogen-bond acceptors (Lipinski definition) is 4. The summed E-state index contributed by atoms with van der Waals surface area (Å²) < 4.78 is 39.2. The van der Waals surface area contributed by atoms with E-state index in [9.17, 15) is 8.78 Å². The highest BCUT2D eigenvalue weighted by Gasteiger charge is 2.46. The second-order valence-electron chi connectivity index (χ2n) is 7.13. The van der Waals surface area contributed by atoms with Crippen LogP contribution in [0.1, 0.15) is 23.6 Å². The summed E-state index contributed by atoms with van der Waals surface area (Å²) in [6, 6.07) is 5.89. The molecule has 6 heteroatoms. The van der Waals surface area contributed by atoms with Crippen LogP contribution >= 0.6 is 0 Å². The molecule has 3 rings (SSSR count). The first-order valence-electron chi connectivity index (χ1n) is 9.00. The van der Waals surface area contributed by atoms with Crippen molar-refractivity contribution >= 4 is 5.71 Å².